The van der Waals surface area contributed by atoms with Gasteiger partial charge in [-0.2, -0.15) is 0 Å². The standard InChI is InChI=1S/C13H16N2O3/c1-14-11(16)13(9-18-3,15(2)12(14)17)10-7-5-4-6-8-10/h4-8H,9H2,1-3H3/t13-/m0/s1. The molecule has 1 saturated heterocycles. The lowest BCUT2D eigenvalue weighted by molar-refractivity contribution is -0.135. The number of amides is 3. The second-order valence-electron chi connectivity index (χ2n) is 4.37. The van der Waals surface area contributed by atoms with Crippen LogP contribution >= 0.6 is 0 Å². The summed E-state index contributed by atoms with van der Waals surface area (Å²) in [6.45, 7) is 0.141. The SMILES string of the molecule is COC[C@]1(c2ccccc2)C(=O)N(C)C(=O)N1C. The van der Waals surface area contributed by atoms with Gasteiger partial charge in [0.25, 0.3) is 5.91 Å². The molecule has 0 unspecified atom stereocenters. The van der Waals surface area contributed by atoms with Crippen molar-refractivity contribution in [3.05, 3.63) is 35.9 Å². The third kappa shape index (κ3) is 1.51. The zero-order valence-corrected chi connectivity index (χ0v) is 10.7. The highest BCUT2D eigenvalue weighted by Crippen LogP contribution is 2.35. The maximum absolute atomic E-state index is 12.4. The first kappa shape index (κ1) is 12.6. The molecule has 0 spiro atoms. The number of nitrogens with zero attached hydrogens (tertiary/aromatic N) is 2. The fraction of sp³-hybridized carbons (Fsp3) is 0.385. The molecular formula is C13H16N2O3. The normalized spacial score (nSPS) is 23.9. The molecule has 0 N–H and O–H groups in total. The van der Waals surface area contributed by atoms with Gasteiger partial charge in [0, 0.05) is 21.2 Å². The zero-order chi connectivity index (χ0) is 13.3. The first-order chi connectivity index (χ1) is 8.55. The van der Waals surface area contributed by atoms with Crippen LogP contribution in [0.3, 0.4) is 0 Å². The van der Waals surface area contributed by atoms with Crippen molar-refractivity contribution < 1.29 is 14.3 Å². The average molecular weight is 248 g/mol. The second-order valence-corrected chi connectivity index (χ2v) is 4.37. The van der Waals surface area contributed by atoms with E-state index in [2.05, 4.69) is 0 Å². The molecule has 1 aliphatic rings. The van der Waals surface area contributed by atoms with Crippen LogP contribution in [0.15, 0.2) is 30.3 Å². The van der Waals surface area contributed by atoms with E-state index in [0.29, 0.717) is 0 Å². The van der Waals surface area contributed by atoms with Gasteiger partial charge in [-0.1, -0.05) is 30.3 Å². The number of carbonyl (C=O) groups is 2. The predicted molar refractivity (Wildman–Crippen MR) is 65.9 cm³/mol. The molecule has 5 nitrogen and oxygen atoms in total. The van der Waals surface area contributed by atoms with Gasteiger partial charge >= 0.3 is 6.03 Å². The monoisotopic (exact) mass is 248 g/mol. The molecule has 0 saturated carbocycles. The van der Waals surface area contributed by atoms with Crippen LogP contribution in [-0.2, 0) is 15.1 Å². The molecule has 0 bridgehead atoms. The quantitative estimate of drug-likeness (QED) is 0.751. The van der Waals surface area contributed by atoms with Gasteiger partial charge in [-0.05, 0) is 5.56 Å². The molecule has 3 amide bonds. The van der Waals surface area contributed by atoms with E-state index >= 15 is 0 Å². The third-order valence-electron chi connectivity index (χ3n) is 3.41. The molecule has 1 aromatic rings. The summed E-state index contributed by atoms with van der Waals surface area (Å²) in [6, 6.07) is 8.91. The molecule has 96 valence electrons. The van der Waals surface area contributed by atoms with Crippen molar-refractivity contribution in [3.8, 4) is 0 Å². The van der Waals surface area contributed by atoms with Gasteiger partial charge in [-0.3, -0.25) is 9.69 Å². The van der Waals surface area contributed by atoms with Gasteiger partial charge in [-0.15, -0.1) is 0 Å². The Balaban J connectivity index is 2.58. The molecule has 0 aliphatic carbocycles. The van der Waals surface area contributed by atoms with E-state index in [4.69, 9.17) is 4.74 Å². The number of hydrogen-bond donors (Lipinski definition) is 0. The number of benzene rings is 1. The van der Waals surface area contributed by atoms with Gasteiger partial charge in [-0.25, -0.2) is 4.79 Å². The number of imide groups is 1. The molecule has 5 heteroatoms. The van der Waals surface area contributed by atoms with Crippen LogP contribution in [0.2, 0.25) is 0 Å². The van der Waals surface area contributed by atoms with E-state index in [0.717, 1.165) is 10.5 Å². The van der Waals surface area contributed by atoms with E-state index in [1.165, 1.54) is 19.1 Å². The fourth-order valence-electron chi connectivity index (χ4n) is 2.38. The number of urea groups is 1. The lowest BCUT2D eigenvalue weighted by Gasteiger charge is -2.32. The van der Waals surface area contributed by atoms with Gasteiger partial charge in [0.2, 0.25) is 0 Å². The summed E-state index contributed by atoms with van der Waals surface area (Å²) in [7, 11) is 4.63. The third-order valence-corrected chi connectivity index (χ3v) is 3.41. The van der Waals surface area contributed by atoms with Crippen LogP contribution in [0.25, 0.3) is 0 Å². The number of carbonyl (C=O) groups excluding carboxylic acids is 2. The number of rotatable bonds is 3. The van der Waals surface area contributed by atoms with Crippen LogP contribution < -0.4 is 0 Å². The number of hydrogen-bond acceptors (Lipinski definition) is 3. The number of ether oxygens (including phenoxy) is 1. The van der Waals surface area contributed by atoms with Gasteiger partial charge < -0.3 is 9.64 Å². The summed E-state index contributed by atoms with van der Waals surface area (Å²) in [5, 5.41) is 0. The molecule has 1 aromatic carbocycles. The lowest BCUT2D eigenvalue weighted by Crippen LogP contribution is -2.48. The molecular weight excluding hydrogens is 232 g/mol. The van der Waals surface area contributed by atoms with Crippen molar-refractivity contribution in [2.45, 2.75) is 5.54 Å². The van der Waals surface area contributed by atoms with E-state index in [9.17, 15) is 9.59 Å². The lowest BCUT2D eigenvalue weighted by atomic mass is 9.89. The minimum atomic E-state index is -1.05. The van der Waals surface area contributed by atoms with Crippen molar-refractivity contribution in [1.82, 2.24) is 9.80 Å². The summed E-state index contributed by atoms with van der Waals surface area (Å²) in [5.41, 5.74) is -0.293. The minimum Gasteiger partial charge on any atom is -0.381 e. The smallest absolute Gasteiger partial charge is 0.327 e. The van der Waals surface area contributed by atoms with E-state index in [1.807, 2.05) is 30.3 Å². The Morgan fingerprint density at radius 3 is 2.22 bits per heavy atom. The molecule has 0 radical (unpaired) electrons. The summed E-state index contributed by atoms with van der Waals surface area (Å²) in [6.07, 6.45) is 0. The molecule has 1 atom stereocenters. The van der Waals surface area contributed by atoms with Crippen LogP contribution in [0, 0.1) is 0 Å². The second kappa shape index (κ2) is 4.42. The van der Waals surface area contributed by atoms with Crippen LogP contribution in [0.1, 0.15) is 5.56 Å². The molecule has 1 fully saturated rings. The molecule has 18 heavy (non-hydrogen) atoms. The predicted octanol–water partition coefficient (Wildman–Crippen LogP) is 1.05. The minimum absolute atomic E-state index is 0.141. The van der Waals surface area contributed by atoms with Gasteiger partial charge in [0.05, 0.1) is 6.61 Å². The van der Waals surface area contributed by atoms with E-state index in [1.54, 1.807) is 7.05 Å². The fourth-order valence-corrected chi connectivity index (χ4v) is 2.38. The molecule has 1 heterocycles. The van der Waals surface area contributed by atoms with Gasteiger partial charge in [0.15, 0.2) is 5.54 Å². The highest BCUT2D eigenvalue weighted by atomic mass is 16.5. The van der Waals surface area contributed by atoms with E-state index < -0.39 is 5.54 Å². The van der Waals surface area contributed by atoms with Gasteiger partial charge in [0.1, 0.15) is 0 Å². The molecule has 0 aromatic heterocycles. The molecule has 1 aliphatic heterocycles. The zero-order valence-electron chi connectivity index (χ0n) is 10.7. The number of methoxy groups -OCH3 is 1. The van der Waals surface area contributed by atoms with Crippen LogP contribution in [-0.4, -0.2) is 49.6 Å². The summed E-state index contributed by atoms with van der Waals surface area (Å²) in [5.74, 6) is -0.261. The summed E-state index contributed by atoms with van der Waals surface area (Å²) >= 11 is 0. The maximum Gasteiger partial charge on any atom is 0.327 e. The Bertz CT molecular complexity index is 474. The topological polar surface area (TPSA) is 49.9 Å². The van der Waals surface area contributed by atoms with Crippen molar-refractivity contribution >= 4 is 11.9 Å². The van der Waals surface area contributed by atoms with E-state index in [-0.39, 0.29) is 18.5 Å². The van der Waals surface area contributed by atoms with Crippen molar-refractivity contribution in [3.63, 3.8) is 0 Å². The Hall–Kier alpha value is -1.88. The van der Waals surface area contributed by atoms with Crippen molar-refractivity contribution in [1.29, 1.82) is 0 Å². The average Bonchev–Trinajstić information content (AvgIpc) is 2.56. The summed E-state index contributed by atoms with van der Waals surface area (Å²) < 4.78 is 5.18. The Morgan fingerprint density at radius 2 is 1.78 bits per heavy atom. The maximum atomic E-state index is 12.4. The first-order valence-electron chi connectivity index (χ1n) is 5.66. The van der Waals surface area contributed by atoms with Crippen LogP contribution in [0.5, 0.6) is 0 Å². The Kier molecular flexibility index (Phi) is 3.09. The van der Waals surface area contributed by atoms with Crippen molar-refractivity contribution in [2.75, 3.05) is 27.8 Å². The summed E-state index contributed by atoms with van der Waals surface area (Å²) in [4.78, 5) is 26.9. The molecule has 2 rings (SSSR count). The van der Waals surface area contributed by atoms with Crippen LogP contribution in [0.4, 0.5) is 4.79 Å². The highest BCUT2D eigenvalue weighted by molar-refractivity contribution is 6.07. The Morgan fingerprint density at radius 1 is 1.17 bits per heavy atom. The Labute approximate surface area is 106 Å². The largest absolute Gasteiger partial charge is 0.381 e. The highest BCUT2D eigenvalue weighted by Gasteiger charge is 2.55. The van der Waals surface area contributed by atoms with Crippen molar-refractivity contribution in [2.24, 2.45) is 0 Å². The number of likely N-dealkylation sites (N-methyl/N-ethyl adjacent to an activating group) is 2. The first-order valence-corrected chi connectivity index (χ1v) is 5.66.